The van der Waals surface area contributed by atoms with Crippen molar-refractivity contribution in [2.24, 2.45) is 5.92 Å². The van der Waals surface area contributed by atoms with Crippen LogP contribution in [0.5, 0.6) is 0 Å². The van der Waals surface area contributed by atoms with Gasteiger partial charge in [-0.05, 0) is 53.4 Å². The number of hydrogen-bond donors (Lipinski definition) is 2. The fourth-order valence-electron chi connectivity index (χ4n) is 3.41. The summed E-state index contributed by atoms with van der Waals surface area (Å²) in [6.07, 6.45) is 2.85. The smallest absolute Gasteiger partial charge is 0.407 e. The number of rotatable bonds is 3. The van der Waals surface area contributed by atoms with Crippen molar-refractivity contribution in [2.45, 2.75) is 77.1 Å². The van der Waals surface area contributed by atoms with Gasteiger partial charge in [-0.3, -0.25) is 4.79 Å². The first-order valence-electron chi connectivity index (χ1n) is 8.19. The highest BCUT2D eigenvalue weighted by atomic mass is 16.6. The van der Waals surface area contributed by atoms with Crippen molar-refractivity contribution in [3.63, 3.8) is 0 Å². The Kier molecular flexibility index (Phi) is 5.32. The van der Waals surface area contributed by atoms with E-state index >= 15 is 0 Å². The van der Waals surface area contributed by atoms with Gasteiger partial charge in [0.2, 0.25) is 0 Å². The van der Waals surface area contributed by atoms with Crippen LogP contribution in [0, 0.1) is 5.92 Å². The van der Waals surface area contributed by atoms with Crippen molar-refractivity contribution in [1.82, 2.24) is 10.6 Å². The maximum absolute atomic E-state index is 11.9. The zero-order valence-electron chi connectivity index (χ0n) is 14.0. The maximum Gasteiger partial charge on any atom is 0.407 e. The average molecular weight is 312 g/mol. The third kappa shape index (κ3) is 4.87. The van der Waals surface area contributed by atoms with Gasteiger partial charge in [0.15, 0.2) is 0 Å². The number of piperidine rings is 2. The molecule has 2 fully saturated rings. The predicted molar refractivity (Wildman–Crippen MR) is 82.5 cm³/mol. The molecule has 6 heteroatoms. The fraction of sp³-hybridized carbons (Fsp3) is 0.875. The first kappa shape index (κ1) is 17.1. The summed E-state index contributed by atoms with van der Waals surface area (Å²) in [7, 11) is 0. The van der Waals surface area contributed by atoms with E-state index in [1.54, 1.807) is 0 Å². The lowest BCUT2D eigenvalue weighted by atomic mass is 9.78. The molecule has 0 saturated carbocycles. The molecule has 2 saturated heterocycles. The summed E-state index contributed by atoms with van der Waals surface area (Å²) in [6, 6.07) is 0.609. The van der Waals surface area contributed by atoms with Gasteiger partial charge in [-0.15, -0.1) is 0 Å². The molecule has 0 radical (unpaired) electrons. The summed E-state index contributed by atoms with van der Waals surface area (Å²) < 4.78 is 10.4. The van der Waals surface area contributed by atoms with E-state index in [2.05, 4.69) is 10.6 Å². The van der Waals surface area contributed by atoms with Crippen LogP contribution in [0.25, 0.3) is 0 Å². The SMILES string of the molecule is CCOC(=O)C1C[C@@H]2CC(NC(=O)OC(C)(C)C)C[C@@H](C1)N2. The van der Waals surface area contributed by atoms with Crippen LogP contribution < -0.4 is 10.6 Å². The molecule has 2 heterocycles. The molecule has 2 atom stereocenters. The molecule has 0 aromatic carbocycles. The average Bonchev–Trinajstić information content (AvgIpc) is 2.35. The number of amides is 1. The number of carbonyl (C=O) groups excluding carboxylic acids is 2. The predicted octanol–water partition coefficient (Wildman–Crippen LogP) is 1.97. The molecule has 0 spiro atoms. The normalized spacial score (nSPS) is 31.3. The van der Waals surface area contributed by atoms with Crippen molar-refractivity contribution in [3.05, 3.63) is 0 Å². The molecule has 6 nitrogen and oxygen atoms in total. The second kappa shape index (κ2) is 6.86. The molecule has 2 aliphatic heterocycles. The van der Waals surface area contributed by atoms with Crippen molar-refractivity contribution in [1.29, 1.82) is 0 Å². The molecule has 2 N–H and O–H groups in total. The van der Waals surface area contributed by atoms with Gasteiger partial charge in [0.25, 0.3) is 0 Å². The Morgan fingerprint density at radius 1 is 1.14 bits per heavy atom. The highest BCUT2D eigenvalue weighted by Crippen LogP contribution is 2.30. The Bertz CT molecular complexity index is 405. The molecule has 2 aliphatic rings. The zero-order chi connectivity index (χ0) is 16.3. The maximum atomic E-state index is 11.9. The quantitative estimate of drug-likeness (QED) is 0.779. The van der Waals surface area contributed by atoms with Crippen LogP contribution in [0.1, 0.15) is 53.4 Å². The number of esters is 1. The van der Waals surface area contributed by atoms with Gasteiger partial charge < -0.3 is 20.1 Å². The molecule has 0 aromatic rings. The Balaban J connectivity index is 1.85. The number of alkyl carbamates (subject to hydrolysis) is 1. The zero-order valence-corrected chi connectivity index (χ0v) is 14.0. The molecule has 1 amide bonds. The molecular formula is C16H28N2O4. The van der Waals surface area contributed by atoms with Gasteiger partial charge in [-0.1, -0.05) is 0 Å². The van der Waals surface area contributed by atoms with E-state index in [0.29, 0.717) is 6.61 Å². The van der Waals surface area contributed by atoms with Gasteiger partial charge in [-0.25, -0.2) is 4.79 Å². The first-order valence-corrected chi connectivity index (χ1v) is 8.19. The number of hydrogen-bond acceptors (Lipinski definition) is 5. The van der Waals surface area contributed by atoms with Crippen LogP contribution in [0.4, 0.5) is 4.79 Å². The first-order chi connectivity index (χ1) is 10.3. The van der Waals surface area contributed by atoms with E-state index in [1.807, 2.05) is 27.7 Å². The summed E-state index contributed by atoms with van der Waals surface area (Å²) in [5.41, 5.74) is -0.484. The molecular weight excluding hydrogens is 284 g/mol. The summed E-state index contributed by atoms with van der Waals surface area (Å²) in [5, 5.41) is 6.49. The lowest BCUT2D eigenvalue weighted by molar-refractivity contribution is -0.150. The lowest BCUT2D eigenvalue weighted by Gasteiger charge is -2.43. The Labute approximate surface area is 132 Å². The minimum absolute atomic E-state index is 0.0151. The van der Waals surface area contributed by atoms with Gasteiger partial charge in [-0.2, -0.15) is 0 Å². The second-order valence-corrected chi connectivity index (χ2v) is 7.30. The van der Waals surface area contributed by atoms with E-state index in [4.69, 9.17) is 9.47 Å². The Morgan fingerprint density at radius 2 is 1.73 bits per heavy atom. The van der Waals surface area contributed by atoms with E-state index in [0.717, 1.165) is 25.7 Å². The molecule has 2 rings (SSSR count). The van der Waals surface area contributed by atoms with Crippen molar-refractivity contribution in [2.75, 3.05) is 6.61 Å². The highest BCUT2D eigenvalue weighted by Gasteiger charge is 2.39. The Morgan fingerprint density at radius 3 is 2.23 bits per heavy atom. The van der Waals surface area contributed by atoms with Crippen LogP contribution in [-0.2, 0) is 14.3 Å². The van der Waals surface area contributed by atoms with Crippen LogP contribution in [0.15, 0.2) is 0 Å². The Hall–Kier alpha value is -1.30. The number of nitrogens with one attached hydrogen (secondary N) is 2. The largest absolute Gasteiger partial charge is 0.466 e. The molecule has 0 aliphatic carbocycles. The van der Waals surface area contributed by atoms with Crippen molar-refractivity contribution < 1.29 is 19.1 Å². The summed E-state index contributed by atoms with van der Waals surface area (Å²) >= 11 is 0. The fourth-order valence-corrected chi connectivity index (χ4v) is 3.41. The van der Waals surface area contributed by atoms with Crippen molar-refractivity contribution >= 4 is 12.1 Å². The van der Waals surface area contributed by atoms with Crippen LogP contribution in [0.3, 0.4) is 0 Å². The molecule has 0 aromatic heterocycles. The van der Waals surface area contributed by atoms with E-state index in [9.17, 15) is 9.59 Å². The van der Waals surface area contributed by atoms with Crippen molar-refractivity contribution in [3.8, 4) is 0 Å². The number of carbonyl (C=O) groups is 2. The molecule has 22 heavy (non-hydrogen) atoms. The van der Waals surface area contributed by atoms with Gasteiger partial charge in [0, 0.05) is 18.1 Å². The van der Waals surface area contributed by atoms with E-state index in [-0.39, 0.29) is 36.1 Å². The van der Waals surface area contributed by atoms with Gasteiger partial charge in [0.1, 0.15) is 5.60 Å². The minimum atomic E-state index is -0.484. The summed E-state index contributed by atoms with van der Waals surface area (Å²) in [5.74, 6) is -0.101. The van der Waals surface area contributed by atoms with Gasteiger partial charge >= 0.3 is 12.1 Å². The molecule has 2 bridgehead atoms. The standard InChI is InChI=1S/C16H28N2O4/c1-5-21-14(19)10-6-11-8-13(9-12(7-10)17-11)18-15(20)22-16(2,3)4/h10-13,17H,5-9H2,1-4H3,(H,18,20)/t10?,11-,12-,13?/m1/s1. The monoisotopic (exact) mass is 312 g/mol. The van der Waals surface area contributed by atoms with Crippen LogP contribution in [-0.4, -0.2) is 42.4 Å². The van der Waals surface area contributed by atoms with E-state index < -0.39 is 5.60 Å². The topological polar surface area (TPSA) is 76.7 Å². The summed E-state index contributed by atoms with van der Waals surface area (Å²) in [4.78, 5) is 23.8. The third-order valence-corrected chi connectivity index (χ3v) is 4.09. The van der Waals surface area contributed by atoms with Crippen LogP contribution >= 0.6 is 0 Å². The third-order valence-electron chi connectivity index (χ3n) is 4.09. The second-order valence-electron chi connectivity index (χ2n) is 7.30. The molecule has 0 unspecified atom stereocenters. The number of ether oxygens (including phenoxy) is 2. The van der Waals surface area contributed by atoms with E-state index in [1.165, 1.54) is 0 Å². The highest BCUT2D eigenvalue weighted by molar-refractivity contribution is 5.72. The minimum Gasteiger partial charge on any atom is -0.466 e. The number of fused-ring (bicyclic) bond motifs is 2. The molecule has 126 valence electrons. The van der Waals surface area contributed by atoms with Gasteiger partial charge in [0.05, 0.1) is 12.5 Å². The summed E-state index contributed by atoms with van der Waals surface area (Å²) in [6.45, 7) is 7.83. The van der Waals surface area contributed by atoms with Crippen LogP contribution in [0.2, 0.25) is 0 Å². The lowest BCUT2D eigenvalue weighted by Crippen LogP contribution is -2.57.